The van der Waals surface area contributed by atoms with Gasteiger partial charge in [-0.2, -0.15) is 0 Å². The highest BCUT2D eigenvalue weighted by Crippen LogP contribution is 2.26. The Morgan fingerprint density at radius 3 is 1.47 bits per heavy atom. The van der Waals surface area contributed by atoms with Crippen molar-refractivity contribution in [2.75, 3.05) is 19.8 Å². The summed E-state index contributed by atoms with van der Waals surface area (Å²) in [6.45, 7) is 7.01. The highest BCUT2D eigenvalue weighted by molar-refractivity contribution is 7.82. The predicted molar refractivity (Wildman–Crippen MR) is 69.5 cm³/mol. The lowest BCUT2D eigenvalue weighted by Crippen LogP contribution is -2.52. The minimum absolute atomic E-state index is 0.474. The van der Waals surface area contributed by atoms with Crippen LogP contribution in [0.4, 0.5) is 0 Å². The molecule has 0 spiro atoms. The summed E-state index contributed by atoms with van der Waals surface area (Å²) in [5.74, 6) is 0. The van der Waals surface area contributed by atoms with E-state index in [2.05, 4.69) is 0 Å². The van der Waals surface area contributed by atoms with E-state index in [0.717, 1.165) is 0 Å². The molecule has 0 heterocycles. The van der Waals surface area contributed by atoms with Gasteiger partial charge in [-0.05, 0) is 20.8 Å². The summed E-state index contributed by atoms with van der Waals surface area (Å²) in [5.41, 5.74) is -3.78. The summed E-state index contributed by atoms with van der Waals surface area (Å²) >= 11 is 17.7. The summed E-state index contributed by atoms with van der Waals surface area (Å²) in [5, 5.41) is 0. The number of hydrogen-bond donors (Lipinski definition) is 0. The molecule has 0 amide bonds. The summed E-state index contributed by atoms with van der Waals surface area (Å²) in [7, 11) is -1.21. The normalized spacial score (nSPS) is 14.0. The van der Waals surface area contributed by atoms with Gasteiger partial charge >= 0.3 is 5.52 Å². The molecule has 0 aliphatic heterocycles. The zero-order valence-electron chi connectivity index (χ0n) is 9.19. The van der Waals surface area contributed by atoms with Crippen molar-refractivity contribution < 1.29 is 14.2 Å². The van der Waals surface area contributed by atoms with Gasteiger partial charge in [0.25, 0.3) is 5.60 Å². The van der Waals surface area contributed by atoms with E-state index in [1.54, 1.807) is 0 Å². The fourth-order valence-electron chi connectivity index (χ4n) is 1.18. The van der Waals surface area contributed by atoms with Crippen molar-refractivity contribution in [1.29, 1.82) is 0 Å². The van der Waals surface area contributed by atoms with Gasteiger partial charge in [0, 0.05) is 19.8 Å². The summed E-state index contributed by atoms with van der Waals surface area (Å²) < 4.78 is 16.5. The molecule has 0 aliphatic carbocycles. The number of rotatable bonds is 8. The van der Waals surface area contributed by atoms with Crippen LogP contribution in [0.5, 0.6) is 0 Å². The van der Waals surface area contributed by atoms with Gasteiger partial charge in [0.2, 0.25) is 0 Å². The molecule has 15 heavy (non-hydrogen) atoms. The van der Waals surface area contributed by atoms with Gasteiger partial charge in [-0.25, -0.2) is 0 Å². The van der Waals surface area contributed by atoms with Crippen molar-refractivity contribution in [1.82, 2.24) is 0 Å². The van der Waals surface area contributed by atoms with Gasteiger partial charge in [0.05, 0.1) is 0 Å². The van der Waals surface area contributed by atoms with Gasteiger partial charge in [-0.3, -0.25) is 0 Å². The molecule has 0 bridgehead atoms. The predicted octanol–water partition coefficient (Wildman–Crippen LogP) is 2.03. The van der Waals surface area contributed by atoms with Crippen molar-refractivity contribution in [2.24, 2.45) is 0 Å². The average Bonchev–Trinajstić information content (AvgIpc) is 2.01. The monoisotopic (exact) mass is 310 g/mol. The second-order valence-electron chi connectivity index (χ2n) is 2.77. The molecule has 0 atom stereocenters. The quantitative estimate of drug-likeness (QED) is 0.390. The first kappa shape index (κ1) is 16.2. The molecule has 0 saturated heterocycles. The van der Waals surface area contributed by atoms with Crippen molar-refractivity contribution in [2.45, 2.75) is 26.4 Å². The van der Waals surface area contributed by atoms with Crippen LogP contribution in [0.25, 0.3) is 0 Å². The van der Waals surface area contributed by atoms with Crippen molar-refractivity contribution in [3.05, 3.63) is 0 Å². The minimum Gasteiger partial charge on any atom is -0.332 e. The first-order valence-electron chi connectivity index (χ1n) is 4.87. The standard InChI is InChI=1S/C7H17Cl3O3Si2/c1-4-11-7(12-5-2,13-6-3)14-15(8,9)10/h4-6,14H2,1-3H3. The van der Waals surface area contributed by atoms with E-state index in [0.29, 0.717) is 19.8 Å². The van der Waals surface area contributed by atoms with Crippen LogP contribution in [0, 0.1) is 0 Å². The van der Waals surface area contributed by atoms with E-state index in [1.165, 1.54) is 0 Å². The molecule has 0 aromatic rings. The lowest BCUT2D eigenvalue weighted by Gasteiger charge is -2.33. The van der Waals surface area contributed by atoms with E-state index in [4.69, 9.17) is 47.4 Å². The molecule has 0 aliphatic rings. The first-order chi connectivity index (χ1) is 6.89. The van der Waals surface area contributed by atoms with E-state index in [9.17, 15) is 0 Å². The van der Waals surface area contributed by atoms with E-state index < -0.39 is 20.2 Å². The Bertz CT molecular complexity index is 160. The van der Waals surface area contributed by atoms with Crippen LogP contribution in [-0.4, -0.2) is 40.0 Å². The van der Waals surface area contributed by atoms with E-state index in [-0.39, 0.29) is 0 Å². The number of ether oxygens (including phenoxy) is 3. The van der Waals surface area contributed by atoms with Crippen molar-refractivity contribution >= 4 is 47.8 Å². The maximum Gasteiger partial charge on any atom is 0.327 e. The summed E-state index contributed by atoms with van der Waals surface area (Å²) in [6.07, 6.45) is 0. The number of hydrogen-bond acceptors (Lipinski definition) is 3. The van der Waals surface area contributed by atoms with Crippen LogP contribution < -0.4 is 0 Å². The molecule has 0 N–H and O–H groups in total. The zero-order valence-corrected chi connectivity index (χ0v) is 13.9. The molecule has 3 nitrogen and oxygen atoms in total. The summed E-state index contributed by atoms with van der Waals surface area (Å²) in [4.78, 5) is 0. The largest absolute Gasteiger partial charge is 0.332 e. The molecule has 0 saturated carbocycles. The van der Waals surface area contributed by atoms with Crippen LogP contribution in [0.2, 0.25) is 0 Å². The minimum atomic E-state index is -2.72. The molecular formula is C7H17Cl3O3Si2. The smallest absolute Gasteiger partial charge is 0.327 e. The maximum atomic E-state index is 5.92. The molecule has 8 heteroatoms. The molecule has 0 aromatic heterocycles. The van der Waals surface area contributed by atoms with Crippen LogP contribution in [-0.2, 0) is 14.2 Å². The van der Waals surface area contributed by atoms with Crippen LogP contribution in [0.15, 0.2) is 0 Å². The van der Waals surface area contributed by atoms with Gasteiger partial charge < -0.3 is 14.2 Å². The molecule has 92 valence electrons. The first-order valence-corrected chi connectivity index (χ1v) is 12.9. The van der Waals surface area contributed by atoms with Gasteiger partial charge in [0.1, 0.15) is 0 Å². The molecule has 0 aromatic carbocycles. The third kappa shape index (κ3) is 7.17. The van der Waals surface area contributed by atoms with Gasteiger partial charge in [-0.1, -0.05) is 0 Å². The lowest BCUT2D eigenvalue weighted by atomic mass is 10.8. The van der Waals surface area contributed by atoms with Crippen molar-refractivity contribution in [3.8, 4) is 0 Å². The Morgan fingerprint density at radius 2 is 1.27 bits per heavy atom. The fraction of sp³-hybridized carbons (Fsp3) is 1.00. The van der Waals surface area contributed by atoms with Crippen molar-refractivity contribution in [3.63, 3.8) is 0 Å². The Balaban J connectivity index is 4.60. The Hall–Kier alpha value is 1.18. The second-order valence-corrected chi connectivity index (χ2v) is 21.0. The highest BCUT2D eigenvalue weighted by Gasteiger charge is 2.44. The molecular weight excluding hydrogens is 295 g/mol. The second kappa shape index (κ2) is 7.50. The lowest BCUT2D eigenvalue weighted by molar-refractivity contribution is -0.321. The SMILES string of the molecule is CCOC(OCC)(OCC)[SiH2][Si](Cl)(Cl)Cl. The summed E-state index contributed by atoms with van der Waals surface area (Å²) in [6, 6.07) is 0. The van der Waals surface area contributed by atoms with E-state index >= 15 is 0 Å². The highest BCUT2D eigenvalue weighted by atomic mass is 35.8. The Labute approximate surface area is 108 Å². The maximum absolute atomic E-state index is 5.92. The average molecular weight is 312 g/mol. The van der Waals surface area contributed by atoms with E-state index in [1.807, 2.05) is 20.8 Å². The zero-order chi connectivity index (χ0) is 11.9. The molecule has 0 unspecified atom stereocenters. The van der Waals surface area contributed by atoms with Crippen LogP contribution in [0.1, 0.15) is 20.8 Å². The topological polar surface area (TPSA) is 27.7 Å². The van der Waals surface area contributed by atoms with Gasteiger partial charge in [-0.15, -0.1) is 33.2 Å². The molecule has 0 rings (SSSR count). The Kier molecular flexibility index (Phi) is 8.09. The van der Waals surface area contributed by atoms with Crippen LogP contribution >= 0.6 is 33.2 Å². The molecule has 0 fully saturated rings. The van der Waals surface area contributed by atoms with Gasteiger partial charge in [0.15, 0.2) is 9.04 Å². The third-order valence-corrected chi connectivity index (χ3v) is 9.07. The van der Waals surface area contributed by atoms with Crippen LogP contribution in [0.3, 0.4) is 0 Å². The fourth-order valence-corrected chi connectivity index (χ4v) is 9.40. The Morgan fingerprint density at radius 1 is 0.933 bits per heavy atom. The number of halogens is 3. The third-order valence-electron chi connectivity index (χ3n) is 1.51. The molecule has 0 radical (unpaired) electrons.